The van der Waals surface area contributed by atoms with E-state index in [9.17, 15) is 9.90 Å². The molecule has 5 nitrogen and oxygen atoms in total. The summed E-state index contributed by atoms with van der Waals surface area (Å²) in [6.07, 6.45) is 3.34. The normalized spacial score (nSPS) is 13.9. The smallest absolute Gasteiger partial charge is 0.270 e. The third kappa shape index (κ3) is 3.00. The lowest BCUT2D eigenvalue weighted by Crippen LogP contribution is -2.26. The Balaban J connectivity index is 1.99. The van der Waals surface area contributed by atoms with Crippen LogP contribution in [0.25, 0.3) is 17.3 Å². The van der Waals surface area contributed by atoms with Gasteiger partial charge in [0.15, 0.2) is 4.77 Å². The number of benzene rings is 2. The second-order valence-corrected chi connectivity index (χ2v) is 7.06. The van der Waals surface area contributed by atoms with Crippen molar-refractivity contribution < 1.29 is 5.11 Å². The van der Waals surface area contributed by atoms with E-state index in [4.69, 9.17) is 23.8 Å². The fraction of sp³-hybridized carbons (Fsp3) is 0.0952. The van der Waals surface area contributed by atoms with Crippen molar-refractivity contribution in [3.63, 3.8) is 0 Å². The number of fused-ring (bicyclic) bond motifs is 1. The van der Waals surface area contributed by atoms with Crippen LogP contribution in [0.3, 0.4) is 0 Å². The monoisotopic (exact) mass is 409 g/mol. The number of aromatic nitrogens is 2. The molecule has 28 heavy (non-hydrogen) atoms. The van der Waals surface area contributed by atoms with Gasteiger partial charge in [0, 0.05) is 28.9 Å². The Labute approximate surface area is 171 Å². The summed E-state index contributed by atoms with van der Waals surface area (Å²) in [6.45, 7) is 2.27. The summed E-state index contributed by atoms with van der Waals surface area (Å²) in [4.78, 5) is 17.6. The molecule has 1 N–H and O–H groups in total. The highest BCUT2D eigenvalue weighted by molar-refractivity contribution is 7.71. The second kappa shape index (κ2) is 7.22. The third-order valence-electron chi connectivity index (χ3n) is 4.61. The van der Waals surface area contributed by atoms with Gasteiger partial charge < -0.3 is 5.11 Å². The zero-order valence-electron chi connectivity index (χ0n) is 15.0. The largest absolute Gasteiger partial charge is 0.494 e. The van der Waals surface area contributed by atoms with E-state index in [0.29, 0.717) is 17.3 Å². The molecule has 2 aromatic carbocycles. The van der Waals surface area contributed by atoms with Crippen LogP contribution in [0.15, 0.2) is 58.3 Å². The predicted octanol–water partition coefficient (Wildman–Crippen LogP) is 5.00. The number of allylic oxidation sites excluding steroid dienone is 1. The van der Waals surface area contributed by atoms with Gasteiger partial charge in [-0.05, 0) is 55.5 Å². The van der Waals surface area contributed by atoms with Crippen LogP contribution in [0.5, 0.6) is 5.88 Å². The first-order valence-electron chi connectivity index (χ1n) is 8.71. The highest BCUT2D eigenvalue weighted by atomic mass is 35.5. The summed E-state index contributed by atoms with van der Waals surface area (Å²) >= 11 is 11.4. The lowest BCUT2D eigenvalue weighted by atomic mass is 10.1. The molecule has 0 bridgehead atoms. The number of aliphatic imine (C=N–C) groups is 1. The molecular weight excluding hydrogens is 394 g/mol. The molecule has 4 rings (SSSR count). The second-order valence-electron chi connectivity index (χ2n) is 6.26. The van der Waals surface area contributed by atoms with Gasteiger partial charge in [0.2, 0.25) is 5.88 Å². The quantitative estimate of drug-likeness (QED) is 0.619. The highest BCUT2D eigenvalue weighted by Gasteiger charge is 2.18. The molecule has 0 unspecified atom stereocenters. The zero-order chi connectivity index (χ0) is 19.8. The van der Waals surface area contributed by atoms with Crippen LogP contribution in [-0.4, -0.2) is 20.5 Å². The van der Waals surface area contributed by atoms with E-state index in [-0.39, 0.29) is 16.2 Å². The van der Waals surface area contributed by atoms with E-state index in [1.807, 2.05) is 31.2 Å². The van der Waals surface area contributed by atoms with Crippen LogP contribution in [0.1, 0.15) is 18.1 Å². The number of halogens is 1. The molecular formula is C21H16ClN3O2S. The van der Waals surface area contributed by atoms with Crippen molar-refractivity contribution in [1.29, 1.82) is 0 Å². The van der Waals surface area contributed by atoms with Crippen LogP contribution in [0.4, 0.5) is 5.69 Å². The van der Waals surface area contributed by atoms with Gasteiger partial charge >= 0.3 is 0 Å². The van der Waals surface area contributed by atoms with Crippen molar-refractivity contribution in [2.24, 2.45) is 4.99 Å². The third-order valence-corrected chi connectivity index (χ3v) is 5.27. The first kappa shape index (κ1) is 18.4. The molecule has 0 amide bonds. The lowest BCUT2D eigenvalue weighted by molar-refractivity contribution is 0.404. The predicted molar refractivity (Wildman–Crippen MR) is 116 cm³/mol. The Morgan fingerprint density at radius 1 is 1.18 bits per heavy atom. The van der Waals surface area contributed by atoms with Gasteiger partial charge in [-0.2, -0.15) is 0 Å². The number of rotatable bonds is 3. The van der Waals surface area contributed by atoms with E-state index in [0.717, 1.165) is 16.8 Å². The lowest BCUT2D eigenvalue weighted by Gasteiger charge is -2.15. The van der Waals surface area contributed by atoms with Crippen molar-refractivity contribution in [3.05, 3.63) is 79.8 Å². The SMILES string of the molecule is CCn1c(O)c(/C=C2\C=Nc3ccccc32)c(=O)n(-c2ccc(Cl)cc2)c1=S. The standard InChI is InChI=1S/C21H16ClN3O2S/c1-2-24-19(26)17(11-13-12-23-18-6-4-3-5-16(13)18)20(27)25(21(24)28)15-9-7-14(22)8-10-15/h3-12,26H,2H2,1H3/b13-11+. The molecule has 0 atom stereocenters. The van der Waals surface area contributed by atoms with Gasteiger partial charge in [0.1, 0.15) is 5.56 Å². The summed E-state index contributed by atoms with van der Waals surface area (Å²) < 4.78 is 3.14. The van der Waals surface area contributed by atoms with E-state index >= 15 is 0 Å². The molecule has 0 spiro atoms. The van der Waals surface area contributed by atoms with Crippen LogP contribution in [0.2, 0.25) is 5.02 Å². The Bertz CT molecular complexity index is 1250. The number of aromatic hydroxyl groups is 1. The van der Waals surface area contributed by atoms with Crippen molar-refractivity contribution in [2.75, 3.05) is 0 Å². The van der Waals surface area contributed by atoms with Gasteiger partial charge in [0.05, 0.1) is 11.4 Å². The molecule has 0 saturated carbocycles. The molecule has 1 aliphatic heterocycles. The van der Waals surface area contributed by atoms with Crippen LogP contribution >= 0.6 is 23.8 Å². The summed E-state index contributed by atoms with van der Waals surface area (Å²) in [6, 6.07) is 14.5. The van der Waals surface area contributed by atoms with Gasteiger partial charge in [-0.15, -0.1) is 0 Å². The Hall–Kier alpha value is -2.96. The molecule has 0 saturated heterocycles. The average molecular weight is 410 g/mol. The van der Waals surface area contributed by atoms with E-state index in [1.54, 1.807) is 36.6 Å². The zero-order valence-corrected chi connectivity index (χ0v) is 16.5. The summed E-state index contributed by atoms with van der Waals surface area (Å²) in [5.41, 5.74) is 2.83. The number of para-hydroxylation sites is 1. The van der Waals surface area contributed by atoms with Gasteiger partial charge in [-0.25, -0.2) is 0 Å². The van der Waals surface area contributed by atoms with Crippen LogP contribution < -0.4 is 5.56 Å². The number of nitrogens with zero attached hydrogens (tertiary/aromatic N) is 3. The van der Waals surface area contributed by atoms with E-state index in [2.05, 4.69) is 4.99 Å². The molecule has 1 aromatic heterocycles. The fourth-order valence-corrected chi connectivity index (χ4v) is 3.73. The van der Waals surface area contributed by atoms with Gasteiger partial charge in [0.25, 0.3) is 5.56 Å². The number of hydrogen-bond acceptors (Lipinski definition) is 4. The summed E-state index contributed by atoms with van der Waals surface area (Å²) in [5.74, 6) is -0.159. The van der Waals surface area contributed by atoms with Gasteiger partial charge in [-0.3, -0.25) is 18.9 Å². The summed E-state index contributed by atoms with van der Waals surface area (Å²) in [5, 5.41) is 11.3. The topological polar surface area (TPSA) is 59.5 Å². The molecule has 0 fully saturated rings. The minimum atomic E-state index is -0.403. The van der Waals surface area contributed by atoms with Crippen LogP contribution in [-0.2, 0) is 6.54 Å². The first-order valence-corrected chi connectivity index (χ1v) is 9.49. The average Bonchev–Trinajstić information content (AvgIpc) is 3.10. The molecule has 2 heterocycles. The maximum absolute atomic E-state index is 13.3. The minimum Gasteiger partial charge on any atom is -0.494 e. The first-order chi connectivity index (χ1) is 13.5. The van der Waals surface area contributed by atoms with Crippen molar-refractivity contribution in [1.82, 2.24) is 9.13 Å². The van der Waals surface area contributed by atoms with Crippen molar-refractivity contribution in [2.45, 2.75) is 13.5 Å². The molecule has 140 valence electrons. The molecule has 3 aromatic rings. The number of hydrogen-bond donors (Lipinski definition) is 1. The van der Waals surface area contributed by atoms with E-state index in [1.165, 1.54) is 9.13 Å². The maximum Gasteiger partial charge on any atom is 0.270 e. The fourth-order valence-electron chi connectivity index (χ4n) is 3.20. The Morgan fingerprint density at radius 2 is 1.89 bits per heavy atom. The van der Waals surface area contributed by atoms with Crippen molar-refractivity contribution >= 4 is 47.4 Å². The maximum atomic E-state index is 13.3. The summed E-state index contributed by atoms with van der Waals surface area (Å²) in [7, 11) is 0. The van der Waals surface area contributed by atoms with E-state index < -0.39 is 5.56 Å². The highest BCUT2D eigenvalue weighted by Crippen LogP contribution is 2.33. The van der Waals surface area contributed by atoms with Gasteiger partial charge in [-0.1, -0.05) is 29.8 Å². The molecule has 0 aliphatic carbocycles. The molecule has 7 heteroatoms. The van der Waals surface area contributed by atoms with Crippen molar-refractivity contribution in [3.8, 4) is 11.6 Å². The Morgan fingerprint density at radius 3 is 2.61 bits per heavy atom. The Kier molecular flexibility index (Phi) is 4.75. The minimum absolute atomic E-state index is 0.156. The molecule has 1 aliphatic rings. The van der Waals surface area contributed by atoms with Crippen LogP contribution in [0, 0.1) is 4.77 Å². The molecule has 0 radical (unpaired) electrons.